The Kier molecular flexibility index (Phi) is 4.35. The normalized spacial score (nSPS) is 17.3. The number of aryl methyl sites for hydroxylation is 1. The molecule has 0 unspecified atom stereocenters. The highest BCUT2D eigenvalue weighted by atomic mass is 16.2. The van der Waals surface area contributed by atoms with Gasteiger partial charge in [-0.2, -0.15) is 10.2 Å². The van der Waals surface area contributed by atoms with E-state index >= 15 is 0 Å². The number of nitrogens with one attached hydrogen (secondary N) is 1. The Morgan fingerprint density at radius 2 is 2.07 bits per heavy atom. The fourth-order valence-corrected chi connectivity index (χ4v) is 3.64. The first-order valence-electron chi connectivity index (χ1n) is 8.94. The summed E-state index contributed by atoms with van der Waals surface area (Å²) in [7, 11) is 3.37. The quantitative estimate of drug-likeness (QED) is 0.750. The van der Waals surface area contributed by atoms with Crippen molar-refractivity contribution in [1.29, 1.82) is 0 Å². The van der Waals surface area contributed by atoms with E-state index in [1.54, 1.807) is 41.9 Å². The number of rotatable bonds is 3. The fourth-order valence-electron chi connectivity index (χ4n) is 3.64. The lowest BCUT2D eigenvalue weighted by Gasteiger charge is -2.35. The topological polar surface area (TPSA) is 97.4 Å². The molecule has 0 saturated carbocycles. The molecule has 0 radical (unpaired) electrons. The van der Waals surface area contributed by atoms with E-state index in [9.17, 15) is 9.59 Å². The van der Waals surface area contributed by atoms with Crippen LogP contribution in [0.5, 0.6) is 0 Å². The van der Waals surface area contributed by atoms with Crippen LogP contribution in [0, 0.1) is 0 Å². The summed E-state index contributed by atoms with van der Waals surface area (Å²) in [6, 6.07) is 1.74. The van der Waals surface area contributed by atoms with Gasteiger partial charge in [-0.15, -0.1) is 0 Å². The minimum atomic E-state index is -0.235. The molecule has 3 aromatic rings. The van der Waals surface area contributed by atoms with E-state index in [1.165, 1.54) is 6.20 Å². The monoisotopic (exact) mass is 367 g/mol. The Hall–Kier alpha value is -3.23. The molecule has 0 bridgehead atoms. The molecule has 1 fully saturated rings. The van der Waals surface area contributed by atoms with Crippen LogP contribution < -0.4 is 5.32 Å². The second kappa shape index (κ2) is 6.82. The van der Waals surface area contributed by atoms with E-state index in [4.69, 9.17) is 0 Å². The van der Waals surface area contributed by atoms with Crippen molar-refractivity contribution in [2.24, 2.45) is 7.05 Å². The van der Waals surface area contributed by atoms with Crippen LogP contribution in [0.3, 0.4) is 0 Å². The summed E-state index contributed by atoms with van der Waals surface area (Å²) in [5.74, 6) is -0.280. The lowest BCUT2D eigenvalue weighted by atomic mass is 9.98. The van der Waals surface area contributed by atoms with Crippen molar-refractivity contribution in [3.8, 4) is 0 Å². The van der Waals surface area contributed by atoms with E-state index in [2.05, 4.69) is 20.5 Å². The largest absolute Gasteiger partial charge is 0.355 e. The SMILES string of the molecule is CNC(=O)c1cnn2c([C@@H]3CCCCN3C(=O)c3cnn(C)c3)ccnc12. The summed E-state index contributed by atoms with van der Waals surface area (Å²) < 4.78 is 3.30. The van der Waals surface area contributed by atoms with Gasteiger partial charge in [0.25, 0.3) is 11.8 Å². The maximum atomic E-state index is 13.1. The van der Waals surface area contributed by atoms with E-state index in [1.807, 2.05) is 11.0 Å². The number of carbonyl (C=O) groups excluding carboxylic acids is 2. The molecule has 0 aliphatic carbocycles. The molecule has 140 valence electrons. The molecule has 1 aliphatic rings. The minimum Gasteiger partial charge on any atom is -0.355 e. The highest BCUT2D eigenvalue weighted by molar-refractivity contribution is 5.99. The van der Waals surface area contributed by atoms with Crippen molar-refractivity contribution in [1.82, 2.24) is 34.6 Å². The first-order chi connectivity index (χ1) is 13.1. The molecule has 4 heterocycles. The van der Waals surface area contributed by atoms with Crippen molar-refractivity contribution >= 4 is 17.5 Å². The predicted molar refractivity (Wildman–Crippen MR) is 97.2 cm³/mol. The molecule has 3 aromatic heterocycles. The number of hydrogen-bond donors (Lipinski definition) is 1. The van der Waals surface area contributed by atoms with E-state index < -0.39 is 0 Å². The van der Waals surface area contributed by atoms with E-state index in [0.29, 0.717) is 23.3 Å². The minimum absolute atomic E-state index is 0.0450. The van der Waals surface area contributed by atoms with Crippen LogP contribution in [0.2, 0.25) is 0 Å². The van der Waals surface area contributed by atoms with Crippen LogP contribution in [0.1, 0.15) is 51.7 Å². The number of hydrogen-bond acceptors (Lipinski definition) is 5. The van der Waals surface area contributed by atoms with Gasteiger partial charge >= 0.3 is 0 Å². The number of likely N-dealkylation sites (tertiary alicyclic amines) is 1. The number of carbonyl (C=O) groups is 2. The Morgan fingerprint density at radius 1 is 1.22 bits per heavy atom. The highest BCUT2D eigenvalue weighted by Gasteiger charge is 2.31. The van der Waals surface area contributed by atoms with E-state index in [0.717, 1.165) is 25.0 Å². The summed E-state index contributed by atoms with van der Waals surface area (Å²) >= 11 is 0. The van der Waals surface area contributed by atoms with Gasteiger partial charge in [0.15, 0.2) is 5.65 Å². The van der Waals surface area contributed by atoms with Gasteiger partial charge in [0, 0.05) is 33.0 Å². The number of amides is 2. The molecule has 1 saturated heterocycles. The summed E-state index contributed by atoms with van der Waals surface area (Å²) in [6.45, 7) is 0.672. The van der Waals surface area contributed by atoms with E-state index in [-0.39, 0.29) is 17.9 Å². The lowest BCUT2D eigenvalue weighted by molar-refractivity contribution is 0.0603. The third-order valence-electron chi connectivity index (χ3n) is 4.96. The maximum absolute atomic E-state index is 13.1. The third-order valence-corrected chi connectivity index (χ3v) is 4.96. The third kappa shape index (κ3) is 2.94. The molecule has 1 aliphatic heterocycles. The second-order valence-electron chi connectivity index (χ2n) is 6.66. The van der Waals surface area contributed by atoms with Crippen molar-refractivity contribution in [3.63, 3.8) is 0 Å². The number of fused-ring (bicyclic) bond motifs is 1. The molecule has 0 aromatic carbocycles. The lowest BCUT2D eigenvalue weighted by Crippen LogP contribution is -2.39. The standard InChI is InChI=1S/C18H21N7O2/c1-19-17(26)13-10-22-25-15(6-7-20-16(13)25)14-5-3-4-8-24(14)18(27)12-9-21-23(2)11-12/h6-7,9-11,14H,3-5,8H2,1-2H3,(H,19,26)/t14-/m0/s1. The Bertz CT molecular complexity index is 1010. The molecule has 1 atom stereocenters. The fraction of sp³-hybridized carbons (Fsp3) is 0.389. The number of aromatic nitrogens is 5. The average molecular weight is 367 g/mol. The van der Waals surface area contributed by atoms with Gasteiger partial charge in [0.2, 0.25) is 0 Å². The molecule has 1 N–H and O–H groups in total. The predicted octanol–water partition coefficient (Wildman–Crippen LogP) is 1.19. The van der Waals surface area contributed by atoms with Crippen LogP contribution in [-0.2, 0) is 7.05 Å². The molecule has 4 rings (SSSR count). The smallest absolute Gasteiger partial charge is 0.257 e. The van der Waals surface area contributed by atoms with Gasteiger partial charge in [-0.1, -0.05) is 0 Å². The number of nitrogens with zero attached hydrogens (tertiary/aromatic N) is 6. The molecular formula is C18H21N7O2. The Labute approximate surface area is 156 Å². The zero-order valence-electron chi connectivity index (χ0n) is 15.3. The summed E-state index contributed by atoms with van der Waals surface area (Å²) in [5, 5.41) is 11.1. The van der Waals surface area contributed by atoms with Crippen molar-refractivity contribution in [2.45, 2.75) is 25.3 Å². The zero-order chi connectivity index (χ0) is 19.0. The van der Waals surface area contributed by atoms with Gasteiger partial charge in [0.05, 0.1) is 29.7 Å². The molecule has 2 amide bonds. The van der Waals surface area contributed by atoms with Crippen molar-refractivity contribution in [3.05, 3.63) is 47.7 Å². The number of piperidine rings is 1. The Balaban J connectivity index is 1.75. The average Bonchev–Trinajstić information content (AvgIpc) is 3.33. The van der Waals surface area contributed by atoms with Crippen molar-refractivity contribution in [2.75, 3.05) is 13.6 Å². The van der Waals surface area contributed by atoms with Gasteiger partial charge in [-0.05, 0) is 25.3 Å². The van der Waals surface area contributed by atoms with Crippen LogP contribution in [0.4, 0.5) is 0 Å². The maximum Gasteiger partial charge on any atom is 0.257 e. The van der Waals surface area contributed by atoms with Crippen LogP contribution >= 0.6 is 0 Å². The molecule has 9 nitrogen and oxygen atoms in total. The summed E-state index contributed by atoms with van der Waals surface area (Å²) in [5.41, 5.74) is 2.33. The van der Waals surface area contributed by atoms with Gasteiger partial charge < -0.3 is 10.2 Å². The Morgan fingerprint density at radius 3 is 2.81 bits per heavy atom. The molecule has 0 spiro atoms. The van der Waals surface area contributed by atoms with Crippen molar-refractivity contribution < 1.29 is 9.59 Å². The zero-order valence-corrected chi connectivity index (χ0v) is 15.3. The second-order valence-corrected chi connectivity index (χ2v) is 6.66. The molecule has 27 heavy (non-hydrogen) atoms. The molecular weight excluding hydrogens is 346 g/mol. The summed E-state index contributed by atoms with van der Waals surface area (Å²) in [6.07, 6.45) is 9.32. The van der Waals surface area contributed by atoms with Crippen LogP contribution in [0.15, 0.2) is 30.9 Å². The van der Waals surface area contributed by atoms with Crippen LogP contribution in [-0.4, -0.2) is 54.7 Å². The van der Waals surface area contributed by atoms with Crippen LogP contribution in [0.25, 0.3) is 5.65 Å². The first kappa shape index (κ1) is 17.2. The first-order valence-corrected chi connectivity index (χ1v) is 8.94. The molecule has 9 heteroatoms. The van der Waals surface area contributed by atoms with Gasteiger partial charge in [0.1, 0.15) is 5.56 Å². The highest BCUT2D eigenvalue weighted by Crippen LogP contribution is 2.32. The van der Waals surface area contributed by atoms with Gasteiger partial charge in [-0.3, -0.25) is 14.3 Å². The van der Waals surface area contributed by atoms with Gasteiger partial charge in [-0.25, -0.2) is 9.50 Å². The summed E-state index contributed by atoms with van der Waals surface area (Å²) in [4.78, 5) is 31.3.